The Morgan fingerprint density at radius 1 is 0.508 bits per heavy atom. The van der Waals surface area contributed by atoms with Gasteiger partial charge in [-0.3, -0.25) is 0 Å². The van der Waals surface area contributed by atoms with E-state index >= 15 is 0 Å². The molecule has 2 aliphatic heterocycles. The van der Waals surface area contributed by atoms with E-state index in [0.717, 1.165) is 48.7 Å². The second-order valence-electron chi connectivity index (χ2n) is 16.5. The average molecular weight is 835 g/mol. The number of rotatable bonds is 18. The van der Waals surface area contributed by atoms with Gasteiger partial charge in [-0.25, -0.2) is 0 Å². The smallest absolute Gasteiger partial charge is 0.0757 e. The maximum Gasteiger partial charge on any atom is 0.0757 e. The normalized spacial score (nSPS) is 12.3. The SMILES string of the molecule is C.C.CCC(CC)Cc1ccc2c(c1)Cc1ccc(CC(CC)CC)cc1N2CCC(=O)[O-].CC[N+](CC)(CC)CC.O=C([O-])CCN1c2ccccc2Cc2ccccc21. The summed E-state index contributed by atoms with van der Waals surface area (Å²) in [7, 11) is 0. The molecule has 0 fully saturated rings. The molecule has 4 aromatic carbocycles. The van der Waals surface area contributed by atoms with Gasteiger partial charge in [0.2, 0.25) is 0 Å². The first-order chi connectivity index (χ1) is 28.5. The highest BCUT2D eigenvalue weighted by Gasteiger charge is 2.25. The molecule has 0 aromatic heterocycles. The van der Waals surface area contributed by atoms with E-state index < -0.39 is 11.9 Å². The van der Waals surface area contributed by atoms with E-state index in [9.17, 15) is 19.8 Å². The summed E-state index contributed by atoms with van der Waals surface area (Å²) in [6.45, 7) is 24.2. The van der Waals surface area contributed by atoms with Gasteiger partial charge in [-0.05, 0) is 110 Å². The molecule has 0 N–H and O–H groups in total. The minimum absolute atomic E-state index is 0. The van der Waals surface area contributed by atoms with Crippen molar-refractivity contribution in [1.29, 1.82) is 0 Å². The molecule has 2 heterocycles. The molecule has 7 nitrogen and oxygen atoms in total. The van der Waals surface area contributed by atoms with Crippen LogP contribution in [0.25, 0.3) is 0 Å². The predicted molar refractivity (Wildman–Crippen MR) is 256 cm³/mol. The third-order valence-corrected chi connectivity index (χ3v) is 13.3. The van der Waals surface area contributed by atoms with Crippen molar-refractivity contribution < 1.29 is 24.3 Å². The van der Waals surface area contributed by atoms with E-state index in [1.54, 1.807) is 0 Å². The van der Waals surface area contributed by atoms with E-state index in [-0.39, 0.29) is 27.7 Å². The molecule has 0 aliphatic carbocycles. The molecule has 0 saturated heterocycles. The van der Waals surface area contributed by atoms with Crippen LogP contribution in [0.1, 0.15) is 142 Å². The summed E-state index contributed by atoms with van der Waals surface area (Å²) in [6.07, 6.45) is 8.84. The van der Waals surface area contributed by atoms with E-state index in [0.29, 0.717) is 19.0 Å². The number of hydrogen-bond donors (Lipinski definition) is 0. The van der Waals surface area contributed by atoms with Crippen LogP contribution in [-0.2, 0) is 35.3 Å². The zero-order chi connectivity index (χ0) is 43.0. The minimum atomic E-state index is -1.01. The van der Waals surface area contributed by atoms with Gasteiger partial charge < -0.3 is 34.1 Å². The number of aliphatic carboxylic acids is 2. The Hall–Kier alpha value is -4.62. The van der Waals surface area contributed by atoms with Gasteiger partial charge in [-0.2, -0.15) is 0 Å². The summed E-state index contributed by atoms with van der Waals surface area (Å²) in [5.74, 6) is -0.596. The van der Waals surface area contributed by atoms with Gasteiger partial charge in [0.05, 0.1) is 26.2 Å². The van der Waals surface area contributed by atoms with Gasteiger partial charge in [-0.15, -0.1) is 0 Å². The Labute approximate surface area is 371 Å². The first kappa shape index (κ1) is 52.5. The number of nitrogens with zero attached hydrogens (tertiary/aromatic N) is 3. The molecule has 336 valence electrons. The number of benzene rings is 4. The van der Waals surface area contributed by atoms with E-state index in [2.05, 4.69) is 114 Å². The number of carboxylic acid groups (broad SMARTS) is 2. The van der Waals surface area contributed by atoms with Crippen LogP contribution in [0, 0.1) is 11.8 Å². The summed E-state index contributed by atoms with van der Waals surface area (Å²) < 4.78 is 1.28. The Kier molecular flexibility index (Phi) is 22.4. The number of carbonyl (C=O) groups is 2. The van der Waals surface area contributed by atoms with Crippen molar-refractivity contribution in [3.8, 4) is 0 Å². The number of carboxylic acids is 2. The summed E-state index contributed by atoms with van der Waals surface area (Å²) in [5.41, 5.74) is 12.3. The molecular weight excluding hydrogens is 755 g/mol. The Bertz CT molecular complexity index is 1860. The van der Waals surface area contributed by atoms with Gasteiger partial charge in [-0.1, -0.05) is 129 Å². The van der Waals surface area contributed by atoms with Crippen molar-refractivity contribution in [2.75, 3.05) is 49.1 Å². The first-order valence-electron chi connectivity index (χ1n) is 22.7. The highest BCUT2D eigenvalue weighted by atomic mass is 16.4. The Morgan fingerprint density at radius 2 is 0.885 bits per heavy atom. The van der Waals surface area contributed by atoms with Crippen LogP contribution in [0.15, 0.2) is 84.9 Å². The molecule has 0 bridgehead atoms. The molecule has 4 aromatic rings. The zero-order valence-electron chi connectivity index (χ0n) is 37.5. The van der Waals surface area contributed by atoms with Crippen LogP contribution < -0.4 is 20.0 Å². The van der Waals surface area contributed by atoms with E-state index in [1.807, 2.05) is 36.4 Å². The minimum Gasteiger partial charge on any atom is -0.550 e. The Morgan fingerprint density at radius 3 is 1.31 bits per heavy atom. The fourth-order valence-corrected chi connectivity index (χ4v) is 8.88. The largest absolute Gasteiger partial charge is 0.550 e. The molecule has 7 heteroatoms. The number of anilines is 4. The molecule has 61 heavy (non-hydrogen) atoms. The zero-order valence-corrected chi connectivity index (χ0v) is 37.5. The maximum atomic E-state index is 11.3. The van der Waals surface area contributed by atoms with Crippen molar-refractivity contribution in [3.63, 3.8) is 0 Å². The van der Waals surface area contributed by atoms with Crippen LogP contribution in [0.3, 0.4) is 0 Å². The maximum absolute atomic E-state index is 11.3. The molecule has 2 aliphatic rings. The fourth-order valence-electron chi connectivity index (χ4n) is 8.88. The molecule has 0 unspecified atom stereocenters. The van der Waals surface area contributed by atoms with Crippen LogP contribution >= 0.6 is 0 Å². The lowest BCUT2D eigenvalue weighted by atomic mass is 9.88. The van der Waals surface area contributed by atoms with Crippen LogP contribution in [0.5, 0.6) is 0 Å². The van der Waals surface area contributed by atoms with Crippen molar-refractivity contribution in [3.05, 3.63) is 118 Å². The number of carbonyl (C=O) groups excluding carboxylic acids is 2. The predicted octanol–water partition coefficient (Wildman–Crippen LogP) is 10.9. The first-order valence-corrected chi connectivity index (χ1v) is 22.7. The van der Waals surface area contributed by atoms with Crippen molar-refractivity contribution in [2.24, 2.45) is 11.8 Å². The van der Waals surface area contributed by atoms with Gasteiger partial charge in [0.15, 0.2) is 0 Å². The van der Waals surface area contributed by atoms with Crippen molar-refractivity contribution >= 4 is 34.7 Å². The molecule has 0 atom stereocenters. The van der Waals surface area contributed by atoms with E-state index in [1.165, 1.54) is 95.4 Å². The number of quaternary nitrogens is 1. The highest BCUT2D eigenvalue weighted by Crippen LogP contribution is 2.41. The quantitative estimate of drug-likeness (QED) is 0.0928. The molecule has 6 rings (SSSR count). The lowest BCUT2D eigenvalue weighted by molar-refractivity contribution is -0.921. The lowest BCUT2D eigenvalue weighted by Crippen LogP contribution is -2.47. The summed E-state index contributed by atoms with van der Waals surface area (Å²) in [5, 5.41) is 22.0. The fraction of sp³-hybridized carbons (Fsp3) is 0.519. The van der Waals surface area contributed by atoms with Gasteiger partial charge >= 0.3 is 0 Å². The number of para-hydroxylation sites is 2. The van der Waals surface area contributed by atoms with Crippen molar-refractivity contribution in [2.45, 2.75) is 134 Å². The highest BCUT2D eigenvalue weighted by molar-refractivity contribution is 5.77. The van der Waals surface area contributed by atoms with Crippen LogP contribution in [0.2, 0.25) is 0 Å². The summed E-state index contributed by atoms with van der Waals surface area (Å²) >= 11 is 0. The Balaban J connectivity index is 0.000000362. The average Bonchev–Trinajstić information content (AvgIpc) is 3.26. The van der Waals surface area contributed by atoms with Gasteiger partial charge in [0, 0.05) is 73.5 Å². The third-order valence-electron chi connectivity index (χ3n) is 13.3. The monoisotopic (exact) mass is 835 g/mol. The van der Waals surface area contributed by atoms with Crippen LogP contribution in [-0.4, -0.2) is 55.7 Å². The molecule has 0 radical (unpaired) electrons. The summed E-state index contributed by atoms with van der Waals surface area (Å²) in [6, 6.07) is 29.9. The van der Waals surface area contributed by atoms with Crippen molar-refractivity contribution in [1.82, 2.24) is 0 Å². The molecule has 0 amide bonds. The van der Waals surface area contributed by atoms with Gasteiger partial charge in [0.1, 0.15) is 0 Å². The topological polar surface area (TPSA) is 86.7 Å². The molecule has 0 saturated carbocycles. The second-order valence-corrected chi connectivity index (χ2v) is 16.5. The third kappa shape index (κ3) is 14.2. The standard InChI is InChI=1S/C28H39NO2.C16H15NO2.C8H20N.2CH4/c1-5-20(6-2)15-22-10-12-26-25(17-22)19-24-11-9-23(16-21(7-3)8-4)18-27(24)29(26)14-13-28(30)31;18-16(19)9-10-17-14-7-3-1-5-12(14)11-13-6-2-4-8-15(13)17;1-5-9(6-2,7-3)8-4;;/h9-12,17-18,20-21H,5-8,13-16,19H2,1-4H3,(H,30,31);1-8H,9-11H2,(H,18,19);5-8H2,1-4H3;2*1H4/q;;+1;;/p-2. The van der Waals surface area contributed by atoms with Gasteiger partial charge in [0.25, 0.3) is 0 Å². The second kappa shape index (κ2) is 26.0. The summed E-state index contributed by atoms with van der Waals surface area (Å²) in [4.78, 5) is 26.3. The number of hydrogen-bond acceptors (Lipinski definition) is 6. The molecule has 0 spiro atoms. The lowest BCUT2D eigenvalue weighted by Gasteiger charge is -2.34. The number of fused-ring (bicyclic) bond motifs is 4. The molecular formula is C54H80N3O4-. The van der Waals surface area contributed by atoms with E-state index in [4.69, 9.17) is 0 Å². The van der Waals surface area contributed by atoms with Crippen LogP contribution in [0.4, 0.5) is 22.7 Å².